The molecular weight excluding hydrogens is 396 g/mol. The number of thioether (sulfide) groups is 1. The molecule has 1 amide bonds. The number of carbonyl (C=O) groups excluding carboxylic acids is 1. The SMILES string of the molecule is Cc1ccc(C[n+]2c(SCC(=O)NN=Cc3ccc(C)o3)[nH]c3ccccc32)cc1. The van der Waals surface area contributed by atoms with Crippen molar-refractivity contribution < 1.29 is 13.8 Å². The topological polar surface area (TPSA) is 74.3 Å². The molecule has 0 radical (unpaired) electrons. The number of para-hydroxylation sites is 2. The Morgan fingerprint density at radius 1 is 1.13 bits per heavy atom. The fourth-order valence-electron chi connectivity index (χ4n) is 3.11. The number of amides is 1. The number of carbonyl (C=O) groups is 1. The third kappa shape index (κ3) is 4.80. The van der Waals surface area contributed by atoms with Gasteiger partial charge in [-0.05, 0) is 55.4 Å². The van der Waals surface area contributed by atoms with Gasteiger partial charge in [0.05, 0.1) is 12.0 Å². The normalized spacial score (nSPS) is 11.4. The molecule has 152 valence electrons. The maximum absolute atomic E-state index is 12.2. The van der Waals surface area contributed by atoms with E-state index in [4.69, 9.17) is 4.42 Å². The third-order valence-corrected chi connectivity index (χ3v) is 5.63. The minimum atomic E-state index is -0.180. The summed E-state index contributed by atoms with van der Waals surface area (Å²) in [6.45, 7) is 4.67. The molecular formula is C23H23N4O2S+. The van der Waals surface area contributed by atoms with E-state index in [1.165, 1.54) is 29.1 Å². The Morgan fingerprint density at radius 2 is 1.93 bits per heavy atom. The Kier molecular flexibility index (Phi) is 5.99. The van der Waals surface area contributed by atoms with Crippen molar-refractivity contribution in [2.75, 3.05) is 5.75 Å². The minimum absolute atomic E-state index is 0.180. The van der Waals surface area contributed by atoms with Crippen molar-refractivity contribution in [3.05, 3.63) is 83.3 Å². The average Bonchev–Trinajstić information content (AvgIpc) is 3.31. The number of imidazole rings is 1. The molecule has 7 heteroatoms. The first-order valence-electron chi connectivity index (χ1n) is 9.66. The Morgan fingerprint density at radius 3 is 2.70 bits per heavy atom. The van der Waals surface area contributed by atoms with Gasteiger partial charge < -0.3 is 4.42 Å². The van der Waals surface area contributed by atoms with Gasteiger partial charge in [-0.3, -0.25) is 4.79 Å². The number of aryl methyl sites for hydroxylation is 2. The van der Waals surface area contributed by atoms with Gasteiger partial charge in [0.2, 0.25) is 0 Å². The van der Waals surface area contributed by atoms with Gasteiger partial charge in [-0.15, -0.1) is 0 Å². The highest BCUT2D eigenvalue weighted by Crippen LogP contribution is 2.18. The summed E-state index contributed by atoms with van der Waals surface area (Å²) in [5, 5.41) is 4.89. The number of aromatic nitrogens is 2. The highest BCUT2D eigenvalue weighted by atomic mass is 32.2. The van der Waals surface area contributed by atoms with Crippen LogP contribution in [0.1, 0.15) is 22.6 Å². The summed E-state index contributed by atoms with van der Waals surface area (Å²) in [5.74, 6) is 1.47. The molecule has 0 aliphatic carbocycles. The number of nitrogens with zero attached hydrogens (tertiary/aromatic N) is 2. The molecule has 6 nitrogen and oxygen atoms in total. The Hall–Kier alpha value is -3.32. The molecule has 0 saturated carbocycles. The van der Waals surface area contributed by atoms with E-state index in [0.29, 0.717) is 5.76 Å². The summed E-state index contributed by atoms with van der Waals surface area (Å²) in [4.78, 5) is 15.7. The number of hydrogen-bond donors (Lipinski definition) is 2. The van der Waals surface area contributed by atoms with Gasteiger partial charge in [0.15, 0.2) is 11.0 Å². The second-order valence-electron chi connectivity index (χ2n) is 7.05. The van der Waals surface area contributed by atoms with Crippen LogP contribution in [0.3, 0.4) is 0 Å². The first-order chi connectivity index (χ1) is 14.6. The largest absolute Gasteiger partial charge is 0.460 e. The molecule has 30 heavy (non-hydrogen) atoms. The Balaban J connectivity index is 1.45. The number of nitrogens with one attached hydrogen (secondary N) is 2. The number of H-pyrrole nitrogens is 1. The van der Waals surface area contributed by atoms with Gasteiger partial charge in [-0.2, -0.15) is 5.10 Å². The molecule has 2 aromatic carbocycles. The molecule has 2 heterocycles. The van der Waals surface area contributed by atoms with Crippen molar-refractivity contribution >= 4 is 34.9 Å². The molecule has 0 saturated heterocycles. The molecule has 4 aromatic rings. The summed E-state index contributed by atoms with van der Waals surface area (Å²) in [7, 11) is 0. The number of aromatic amines is 1. The van der Waals surface area contributed by atoms with Crippen molar-refractivity contribution in [2.24, 2.45) is 5.10 Å². The maximum atomic E-state index is 12.2. The molecule has 0 fully saturated rings. The van der Waals surface area contributed by atoms with Crippen LogP contribution in [0, 0.1) is 13.8 Å². The van der Waals surface area contributed by atoms with Gasteiger partial charge in [0.1, 0.15) is 18.1 Å². The van der Waals surface area contributed by atoms with Crippen LogP contribution in [-0.4, -0.2) is 22.9 Å². The number of furan rings is 1. The summed E-state index contributed by atoms with van der Waals surface area (Å²) in [6.07, 6.45) is 1.50. The summed E-state index contributed by atoms with van der Waals surface area (Å²) < 4.78 is 7.60. The molecule has 2 aromatic heterocycles. The molecule has 2 N–H and O–H groups in total. The zero-order chi connectivity index (χ0) is 20.9. The van der Waals surface area contributed by atoms with E-state index in [9.17, 15) is 4.79 Å². The lowest BCUT2D eigenvalue weighted by molar-refractivity contribution is -0.700. The number of benzene rings is 2. The van der Waals surface area contributed by atoms with E-state index in [1.54, 1.807) is 6.07 Å². The second kappa shape index (κ2) is 9.00. The van der Waals surface area contributed by atoms with E-state index >= 15 is 0 Å². The second-order valence-corrected chi connectivity index (χ2v) is 8.01. The molecule has 0 spiro atoms. The lowest BCUT2D eigenvalue weighted by Crippen LogP contribution is -2.36. The predicted molar refractivity (Wildman–Crippen MR) is 119 cm³/mol. The molecule has 0 atom stereocenters. The van der Waals surface area contributed by atoms with Crippen LogP contribution in [-0.2, 0) is 11.3 Å². The minimum Gasteiger partial charge on any atom is -0.460 e. The van der Waals surface area contributed by atoms with Crippen molar-refractivity contribution in [2.45, 2.75) is 25.5 Å². The lowest BCUT2D eigenvalue weighted by atomic mass is 10.1. The van der Waals surface area contributed by atoms with E-state index < -0.39 is 0 Å². The van der Waals surface area contributed by atoms with Crippen LogP contribution in [0.4, 0.5) is 0 Å². The van der Waals surface area contributed by atoms with Gasteiger partial charge in [-0.25, -0.2) is 15.0 Å². The third-order valence-electron chi connectivity index (χ3n) is 4.63. The monoisotopic (exact) mass is 419 g/mol. The summed E-state index contributed by atoms with van der Waals surface area (Å²) >= 11 is 1.45. The number of hydrogen-bond acceptors (Lipinski definition) is 4. The number of fused-ring (bicyclic) bond motifs is 1. The highest BCUT2D eigenvalue weighted by molar-refractivity contribution is 7.99. The fourth-order valence-corrected chi connectivity index (χ4v) is 3.94. The van der Waals surface area contributed by atoms with E-state index in [-0.39, 0.29) is 11.7 Å². The van der Waals surface area contributed by atoms with Gasteiger partial charge in [-0.1, -0.05) is 42.0 Å². The van der Waals surface area contributed by atoms with Crippen LogP contribution in [0.15, 0.2) is 75.3 Å². The summed E-state index contributed by atoms with van der Waals surface area (Å²) in [5.41, 5.74) is 7.13. The van der Waals surface area contributed by atoms with E-state index in [2.05, 4.69) is 57.3 Å². The van der Waals surface area contributed by atoms with Crippen LogP contribution in [0.5, 0.6) is 0 Å². The van der Waals surface area contributed by atoms with Crippen molar-refractivity contribution in [3.8, 4) is 0 Å². The van der Waals surface area contributed by atoms with Crippen molar-refractivity contribution in [1.29, 1.82) is 0 Å². The molecule has 0 aliphatic rings. The Bertz CT molecular complexity index is 1190. The van der Waals surface area contributed by atoms with Crippen molar-refractivity contribution in [3.63, 3.8) is 0 Å². The standard InChI is InChI=1S/C23H22N4O2S/c1-16-7-10-18(11-8-16)14-27-21-6-4-3-5-20(21)25-23(27)30-15-22(28)26-24-13-19-12-9-17(2)29-19/h3-13H,14-15H2,1-2H3,(H,26,28)/p+1. The predicted octanol–water partition coefficient (Wildman–Crippen LogP) is 3.96. The molecule has 0 unspecified atom stereocenters. The fraction of sp³-hybridized carbons (Fsp3) is 0.174. The molecule has 0 bridgehead atoms. The zero-order valence-electron chi connectivity index (χ0n) is 16.9. The smallest absolute Gasteiger partial charge is 0.317 e. The number of rotatable bonds is 7. The lowest BCUT2D eigenvalue weighted by Gasteiger charge is -2.03. The first-order valence-corrected chi connectivity index (χ1v) is 10.6. The zero-order valence-corrected chi connectivity index (χ0v) is 17.7. The Labute approximate surface area is 179 Å². The van der Waals surface area contributed by atoms with Crippen LogP contribution >= 0.6 is 11.8 Å². The maximum Gasteiger partial charge on any atom is 0.317 e. The highest BCUT2D eigenvalue weighted by Gasteiger charge is 2.20. The molecule has 0 aliphatic heterocycles. The van der Waals surface area contributed by atoms with Crippen molar-refractivity contribution in [1.82, 2.24) is 10.4 Å². The van der Waals surface area contributed by atoms with Crippen LogP contribution in [0.2, 0.25) is 0 Å². The quantitative estimate of drug-likeness (QED) is 0.206. The van der Waals surface area contributed by atoms with Crippen LogP contribution in [0.25, 0.3) is 11.0 Å². The first kappa shape index (κ1) is 20.0. The average molecular weight is 420 g/mol. The number of hydrazone groups is 1. The molecule has 4 rings (SSSR count). The van der Waals surface area contributed by atoms with E-state index in [0.717, 1.165) is 28.5 Å². The van der Waals surface area contributed by atoms with Gasteiger partial charge in [0.25, 0.3) is 5.91 Å². The van der Waals surface area contributed by atoms with E-state index in [1.807, 2.05) is 31.2 Å². The van der Waals surface area contributed by atoms with Gasteiger partial charge >= 0.3 is 5.16 Å². The van der Waals surface area contributed by atoms with Crippen LogP contribution < -0.4 is 9.99 Å². The van der Waals surface area contributed by atoms with Gasteiger partial charge in [0, 0.05) is 0 Å². The summed E-state index contributed by atoms with van der Waals surface area (Å²) in [6, 6.07) is 20.3.